The van der Waals surface area contributed by atoms with Crippen LogP contribution < -0.4 is 5.32 Å². The summed E-state index contributed by atoms with van der Waals surface area (Å²) in [7, 11) is 0. The van der Waals surface area contributed by atoms with Gasteiger partial charge < -0.3 is 15.4 Å². The van der Waals surface area contributed by atoms with Crippen molar-refractivity contribution in [1.29, 1.82) is 0 Å². The van der Waals surface area contributed by atoms with E-state index >= 15 is 0 Å². The van der Waals surface area contributed by atoms with E-state index in [9.17, 15) is 14.7 Å². The molecule has 6 heteroatoms. The van der Waals surface area contributed by atoms with Gasteiger partial charge in [0.15, 0.2) is 0 Å². The first-order valence-corrected chi connectivity index (χ1v) is 7.17. The van der Waals surface area contributed by atoms with Gasteiger partial charge in [0, 0.05) is 24.2 Å². The molecular weight excluding hydrogens is 258 g/mol. The van der Waals surface area contributed by atoms with Gasteiger partial charge in [0.1, 0.15) is 6.04 Å². The molecule has 0 saturated heterocycles. The van der Waals surface area contributed by atoms with Crippen LogP contribution >= 0.6 is 0 Å². The number of carbonyl (C=O) groups excluding carboxylic acids is 1. The van der Waals surface area contributed by atoms with E-state index < -0.39 is 12.0 Å². The highest BCUT2D eigenvalue weighted by Gasteiger charge is 2.55. The Bertz CT molecular complexity index is 488. The van der Waals surface area contributed by atoms with Crippen LogP contribution in [0.2, 0.25) is 0 Å². The third kappa shape index (κ3) is 2.55. The number of rotatable bonds is 5. The monoisotopic (exact) mass is 277 g/mol. The Labute approximate surface area is 117 Å². The Balaban J connectivity index is 1.59. The maximum Gasteiger partial charge on any atom is 0.326 e. The second-order valence-electron chi connectivity index (χ2n) is 5.82. The Hall–Kier alpha value is -1.85. The Morgan fingerprint density at radius 1 is 1.40 bits per heavy atom. The SMILES string of the molecule is O=C(N[C@@H](Cc1cnc[nH]1)C(=O)O)C1C2CCCCC21. The van der Waals surface area contributed by atoms with Crippen LogP contribution in [-0.2, 0) is 16.0 Å². The van der Waals surface area contributed by atoms with Gasteiger partial charge in [0.05, 0.1) is 6.33 Å². The highest BCUT2D eigenvalue weighted by atomic mass is 16.4. The first-order valence-electron chi connectivity index (χ1n) is 7.17. The number of carboxylic acid groups (broad SMARTS) is 1. The van der Waals surface area contributed by atoms with E-state index in [4.69, 9.17) is 0 Å². The quantitative estimate of drug-likeness (QED) is 0.747. The number of carboxylic acids is 1. The predicted molar refractivity (Wildman–Crippen MR) is 70.8 cm³/mol. The molecule has 3 atom stereocenters. The smallest absolute Gasteiger partial charge is 0.326 e. The zero-order valence-corrected chi connectivity index (χ0v) is 11.2. The van der Waals surface area contributed by atoms with Crippen LogP contribution in [0, 0.1) is 17.8 Å². The summed E-state index contributed by atoms with van der Waals surface area (Å²) in [6.45, 7) is 0. The molecule has 3 rings (SSSR count). The molecule has 2 unspecified atom stereocenters. The minimum atomic E-state index is -1.00. The van der Waals surface area contributed by atoms with Crippen LogP contribution in [0.3, 0.4) is 0 Å². The maximum absolute atomic E-state index is 12.2. The maximum atomic E-state index is 12.2. The number of hydrogen-bond donors (Lipinski definition) is 3. The lowest BCUT2D eigenvalue weighted by molar-refractivity contribution is -0.142. The molecule has 2 aliphatic rings. The number of imidazole rings is 1. The van der Waals surface area contributed by atoms with Crippen molar-refractivity contribution in [2.75, 3.05) is 0 Å². The van der Waals surface area contributed by atoms with Crippen LogP contribution in [-0.4, -0.2) is 33.0 Å². The predicted octanol–water partition coefficient (Wildman–Crippen LogP) is 0.958. The number of fused-ring (bicyclic) bond motifs is 1. The molecule has 0 radical (unpaired) electrons. The van der Waals surface area contributed by atoms with E-state index in [1.807, 2.05) is 0 Å². The van der Waals surface area contributed by atoms with Crippen LogP contribution in [0.25, 0.3) is 0 Å². The molecular formula is C14H19N3O3. The van der Waals surface area contributed by atoms with Gasteiger partial charge in [0.25, 0.3) is 0 Å². The summed E-state index contributed by atoms with van der Waals surface area (Å²) < 4.78 is 0. The second kappa shape index (κ2) is 5.26. The Morgan fingerprint density at radius 2 is 2.10 bits per heavy atom. The van der Waals surface area contributed by atoms with Gasteiger partial charge in [-0.2, -0.15) is 0 Å². The fraction of sp³-hybridized carbons (Fsp3) is 0.643. The molecule has 20 heavy (non-hydrogen) atoms. The number of aromatic nitrogens is 2. The summed E-state index contributed by atoms with van der Waals surface area (Å²) >= 11 is 0. The zero-order chi connectivity index (χ0) is 14.1. The first-order chi connectivity index (χ1) is 9.66. The highest BCUT2D eigenvalue weighted by molar-refractivity contribution is 5.87. The zero-order valence-electron chi connectivity index (χ0n) is 11.2. The standard InChI is InChI=1S/C14H19N3O3/c18-13(12-9-3-1-2-4-10(9)12)17-11(14(19)20)5-8-6-15-7-16-8/h6-7,9-12H,1-5H2,(H,15,16)(H,17,18)(H,19,20)/t9?,10?,11-,12?/m0/s1. The topological polar surface area (TPSA) is 95.1 Å². The molecule has 2 saturated carbocycles. The van der Waals surface area contributed by atoms with Gasteiger partial charge >= 0.3 is 5.97 Å². The van der Waals surface area contributed by atoms with Gasteiger partial charge in [-0.1, -0.05) is 12.8 Å². The number of nitrogens with one attached hydrogen (secondary N) is 2. The summed E-state index contributed by atoms with van der Waals surface area (Å²) in [4.78, 5) is 30.2. The average Bonchev–Trinajstić information content (AvgIpc) is 2.94. The van der Waals surface area contributed by atoms with Gasteiger partial charge in [0.2, 0.25) is 5.91 Å². The van der Waals surface area contributed by atoms with Crippen molar-refractivity contribution in [2.45, 2.75) is 38.1 Å². The number of H-pyrrole nitrogens is 1. The fourth-order valence-corrected chi connectivity index (χ4v) is 3.47. The average molecular weight is 277 g/mol. The van der Waals surface area contributed by atoms with Crippen LogP contribution in [0.1, 0.15) is 31.4 Å². The number of hydrogen-bond acceptors (Lipinski definition) is 3. The van der Waals surface area contributed by atoms with Crippen molar-refractivity contribution in [3.05, 3.63) is 18.2 Å². The molecule has 2 aliphatic carbocycles. The molecule has 1 aromatic heterocycles. The first kappa shape index (κ1) is 13.1. The molecule has 0 aliphatic heterocycles. The van der Waals surface area contributed by atoms with Crippen molar-refractivity contribution in [3.63, 3.8) is 0 Å². The van der Waals surface area contributed by atoms with E-state index in [1.54, 1.807) is 6.20 Å². The van der Waals surface area contributed by atoms with Crippen molar-refractivity contribution in [1.82, 2.24) is 15.3 Å². The van der Waals surface area contributed by atoms with Crippen molar-refractivity contribution in [3.8, 4) is 0 Å². The van der Waals surface area contributed by atoms with Crippen molar-refractivity contribution in [2.24, 2.45) is 17.8 Å². The highest BCUT2D eigenvalue weighted by Crippen LogP contribution is 2.55. The molecule has 2 fully saturated rings. The minimum absolute atomic E-state index is 0.0427. The molecule has 108 valence electrons. The third-order valence-electron chi connectivity index (χ3n) is 4.55. The summed E-state index contributed by atoms with van der Waals surface area (Å²) in [5, 5.41) is 11.9. The lowest BCUT2D eigenvalue weighted by Crippen LogP contribution is -2.43. The number of aromatic amines is 1. The summed E-state index contributed by atoms with van der Waals surface area (Å²) in [5.74, 6) is -0.0674. The van der Waals surface area contributed by atoms with E-state index in [-0.39, 0.29) is 18.2 Å². The van der Waals surface area contributed by atoms with E-state index in [0.717, 1.165) is 12.8 Å². The van der Waals surface area contributed by atoms with Gasteiger partial charge in [-0.15, -0.1) is 0 Å². The number of amides is 1. The fourth-order valence-electron chi connectivity index (χ4n) is 3.47. The van der Waals surface area contributed by atoms with E-state index in [2.05, 4.69) is 15.3 Å². The Morgan fingerprint density at radius 3 is 2.65 bits per heavy atom. The molecule has 3 N–H and O–H groups in total. The van der Waals surface area contributed by atoms with Crippen molar-refractivity contribution >= 4 is 11.9 Å². The largest absolute Gasteiger partial charge is 0.480 e. The summed E-state index contributed by atoms with van der Waals surface area (Å²) in [6.07, 6.45) is 7.94. The summed E-state index contributed by atoms with van der Waals surface area (Å²) in [6, 6.07) is -0.884. The molecule has 0 aromatic carbocycles. The number of carbonyl (C=O) groups is 2. The van der Waals surface area contributed by atoms with Crippen molar-refractivity contribution < 1.29 is 14.7 Å². The molecule has 1 heterocycles. The molecule has 0 spiro atoms. The van der Waals surface area contributed by atoms with E-state index in [0.29, 0.717) is 17.5 Å². The Kier molecular flexibility index (Phi) is 3.46. The van der Waals surface area contributed by atoms with E-state index in [1.165, 1.54) is 19.2 Å². The molecule has 1 aromatic rings. The summed E-state index contributed by atoms with van der Waals surface area (Å²) in [5.41, 5.74) is 0.714. The molecule has 0 bridgehead atoms. The number of aliphatic carboxylic acids is 1. The normalized spacial score (nSPS) is 29.3. The van der Waals surface area contributed by atoms with Crippen LogP contribution in [0.15, 0.2) is 12.5 Å². The minimum Gasteiger partial charge on any atom is -0.480 e. The third-order valence-corrected chi connectivity index (χ3v) is 4.55. The van der Waals surface area contributed by atoms with Gasteiger partial charge in [-0.25, -0.2) is 9.78 Å². The molecule has 1 amide bonds. The molecule has 6 nitrogen and oxygen atoms in total. The van der Waals surface area contributed by atoms with Crippen LogP contribution in [0.5, 0.6) is 0 Å². The number of nitrogens with zero attached hydrogens (tertiary/aromatic N) is 1. The van der Waals surface area contributed by atoms with Crippen LogP contribution in [0.4, 0.5) is 0 Å². The second-order valence-corrected chi connectivity index (χ2v) is 5.82. The lowest BCUT2D eigenvalue weighted by atomic mass is 10.0. The van der Waals surface area contributed by atoms with Gasteiger partial charge in [-0.05, 0) is 24.7 Å². The lowest BCUT2D eigenvalue weighted by Gasteiger charge is -2.13. The van der Waals surface area contributed by atoms with Gasteiger partial charge in [-0.3, -0.25) is 4.79 Å².